The molecule has 0 saturated carbocycles. The van der Waals surface area contributed by atoms with Crippen molar-refractivity contribution in [2.24, 2.45) is 5.92 Å². The summed E-state index contributed by atoms with van der Waals surface area (Å²) in [7, 11) is 0. The minimum Gasteiger partial charge on any atom is -0.461 e. The molecule has 0 aromatic heterocycles. The molecule has 136 valence electrons. The summed E-state index contributed by atoms with van der Waals surface area (Å²) in [4.78, 5) is 12.4. The lowest BCUT2D eigenvalue weighted by Crippen LogP contribution is -2.18. The number of hydrogen-bond donors (Lipinski definition) is 0. The van der Waals surface area contributed by atoms with Crippen LogP contribution in [0.5, 0.6) is 0 Å². The van der Waals surface area contributed by atoms with Crippen molar-refractivity contribution in [3.63, 3.8) is 0 Å². The minimum atomic E-state index is -0.00159. The highest BCUT2D eigenvalue weighted by Gasteiger charge is 2.19. The number of carbonyl (C=O) groups is 1. The Kier molecular flexibility index (Phi) is 12.2. The van der Waals surface area contributed by atoms with Crippen molar-refractivity contribution in [2.75, 3.05) is 0 Å². The van der Waals surface area contributed by atoms with Gasteiger partial charge >= 0.3 is 5.97 Å². The van der Waals surface area contributed by atoms with E-state index in [2.05, 4.69) is 13.8 Å². The van der Waals surface area contributed by atoms with Gasteiger partial charge in [-0.1, -0.05) is 102 Å². The number of benzene rings is 1. The highest BCUT2D eigenvalue weighted by atomic mass is 16.5. The summed E-state index contributed by atoms with van der Waals surface area (Å²) >= 11 is 0. The first-order valence-electron chi connectivity index (χ1n) is 9.98. The molecule has 1 aromatic carbocycles. The van der Waals surface area contributed by atoms with Crippen LogP contribution in [0, 0.1) is 5.92 Å². The van der Waals surface area contributed by atoms with E-state index in [4.69, 9.17) is 4.74 Å². The van der Waals surface area contributed by atoms with Crippen LogP contribution in [0.3, 0.4) is 0 Å². The summed E-state index contributed by atoms with van der Waals surface area (Å²) in [6.45, 7) is 4.83. The Morgan fingerprint density at radius 3 is 2.08 bits per heavy atom. The maximum absolute atomic E-state index is 12.4. The van der Waals surface area contributed by atoms with Crippen LogP contribution in [0.15, 0.2) is 30.3 Å². The van der Waals surface area contributed by atoms with E-state index in [0.717, 1.165) is 37.7 Å². The first-order valence-corrected chi connectivity index (χ1v) is 9.98. The third kappa shape index (κ3) is 9.75. The van der Waals surface area contributed by atoms with Crippen molar-refractivity contribution in [3.8, 4) is 0 Å². The second-order valence-electron chi connectivity index (χ2n) is 6.84. The third-order valence-electron chi connectivity index (χ3n) is 4.62. The van der Waals surface area contributed by atoms with Crippen LogP contribution in [0.2, 0.25) is 0 Å². The zero-order valence-electron chi connectivity index (χ0n) is 15.8. The molecule has 0 aliphatic rings. The van der Waals surface area contributed by atoms with Crippen molar-refractivity contribution >= 4 is 5.97 Å². The maximum Gasteiger partial charge on any atom is 0.309 e. The van der Waals surface area contributed by atoms with E-state index in [0.29, 0.717) is 6.61 Å². The molecular weight excluding hydrogens is 296 g/mol. The molecule has 0 aliphatic heterocycles. The summed E-state index contributed by atoms with van der Waals surface area (Å²) in [6.07, 6.45) is 13.3. The van der Waals surface area contributed by atoms with Crippen molar-refractivity contribution in [2.45, 2.75) is 91.1 Å². The number of carbonyl (C=O) groups excluding carboxylic acids is 1. The first kappa shape index (κ1) is 20.7. The van der Waals surface area contributed by atoms with Gasteiger partial charge in [0.25, 0.3) is 0 Å². The van der Waals surface area contributed by atoms with Crippen LogP contribution in [-0.4, -0.2) is 5.97 Å². The van der Waals surface area contributed by atoms with E-state index in [1.807, 2.05) is 30.3 Å². The lowest BCUT2D eigenvalue weighted by molar-refractivity contribution is -0.150. The van der Waals surface area contributed by atoms with E-state index in [1.165, 1.54) is 38.5 Å². The molecule has 0 radical (unpaired) electrons. The maximum atomic E-state index is 12.4. The third-order valence-corrected chi connectivity index (χ3v) is 4.62. The molecule has 0 spiro atoms. The standard InChI is InChI=1S/C22H36O2/c1-3-5-7-8-9-10-14-18-21(17-6-4-2)22(23)24-19-20-15-12-11-13-16-20/h11-13,15-16,21H,3-10,14,17-19H2,1-2H3. The zero-order valence-corrected chi connectivity index (χ0v) is 15.8. The zero-order chi connectivity index (χ0) is 17.5. The smallest absolute Gasteiger partial charge is 0.309 e. The Morgan fingerprint density at radius 2 is 1.42 bits per heavy atom. The van der Waals surface area contributed by atoms with Gasteiger partial charge in [-0.25, -0.2) is 0 Å². The van der Waals surface area contributed by atoms with Gasteiger partial charge in [-0.05, 0) is 18.4 Å². The predicted octanol–water partition coefficient (Wildman–Crippen LogP) is 6.68. The summed E-state index contributed by atoms with van der Waals surface area (Å²) in [5, 5.41) is 0. The van der Waals surface area contributed by atoms with E-state index in [9.17, 15) is 4.79 Å². The van der Waals surface area contributed by atoms with Gasteiger partial charge in [0.1, 0.15) is 6.61 Å². The van der Waals surface area contributed by atoms with Gasteiger partial charge in [0.2, 0.25) is 0 Å². The quantitative estimate of drug-likeness (QED) is 0.281. The van der Waals surface area contributed by atoms with E-state index in [-0.39, 0.29) is 11.9 Å². The Balaban J connectivity index is 2.27. The Bertz CT molecular complexity index is 413. The van der Waals surface area contributed by atoms with Gasteiger partial charge in [0.15, 0.2) is 0 Å². The number of rotatable bonds is 14. The van der Waals surface area contributed by atoms with Gasteiger partial charge in [-0.15, -0.1) is 0 Å². The minimum absolute atomic E-state index is 0.00159. The van der Waals surface area contributed by atoms with Crippen LogP contribution in [0.4, 0.5) is 0 Å². The Morgan fingerprint density at radius 1 is 0.833 bits per heavy atom. The summed E-state index contributed by atoms with van der Waals surface area (Å²) in [5.41, 5.74) is 1.07. The molecule has 24 heavy (non-hydrogen) atoms. The summed E-state index contributed by atoms with van der Waals surface area (Å²) in [6, 6.07) is 9.96. The van der Waals surface area contributed by atoms with E-state index < -0.39 is 0 Å². The predicted molar refractivity (Wildman–Crippen MR) is 102 cm³/mol. The number of ether oxygens (including phenoxy) is 1. The molecule has 0 N–H and O–H groups in total. The topological polar surface area (TPSA) is 26.3 Å². The van der Waals surface area contributed by atoms with Crippen molar-refractivity contribution < 1.29 is 9.53 Å². The molecule has 0 amide bonds. The molecule has 0 heterocycles. The summed E-state index contributed by atoms with van der Waals surface area (Å²) < 4.78 is 5.56. The monoisotopic (exact) mass is 332 g/mol. The number of hydrogen-bond acceptors (Lipinski definition) is 2. The second-order valence-corrected chi connectivity index (χ2v) is 6.84. The molecule has 1 atom stereocenters. The van der Waals surface area contributed by atoms with Crippen LogP contribution >= 0.6 is 0 Å². The van der Waals surface area contributed by atoms with Crippen LogP contribution in [0.25, 0.3) is 0 Å². The lowest BCUT2D eigenvalue weighted by Gasteiger charge is -2.16. The van der Waals surface area contributed by atoms with Gasteiger partial charge in [0.05, 0.1) is 5.92 Å². The van der Waals surface area contributed by atoms with Crippen molar-refractivity contribution in [3.05, 3.63) is 35.9 Å². The summed E-state index contributed by atoms with van der Waals surface area (Å²) in [5.74, 6) is 0.0857. The van der Waals surface area contributed by atoms with Gasteiger partial charge in [-0.2, -0.15) is 0 Å². The van der Waals surface area contributed by atoms with Crippen molar-refractivity contribution in [1.29, 1.82) is 0 Å². The Labute approximate surface area is 149 Å². The van der Waals surface area contributed by atoms with Crippen LogP contribution in [-0.2, 0) is 16.1 Å². The van der Waals surface area contributed by atoms with Crippen LogP contribution in [0.1, 0.15) is 90.0 Å². The molecule has 1 aromatic rings. The molecule has 2 heteroatoms. The average Bonchev–Trinajstić information content (AvgIpc) is 2.62. The second kappa shape index (κ2) is 14.1. The van der Waals surface area contributed by atoms with Crippen molar-refractivity contribution in [1.82, 2.24) is 0 Å². The van der Waals surface area contributed by atoms with Gasteiger partial charge in [-0.3, -0.25) is 4.79 Å². The normalized spacial score (nSPS) is 12.1. The molecular formula is C22H36O2. The molecule has 0 aliphatic carbocycles. The molecule has 0 bridgehead atoms. The fourth-order valence-corrected chi connectivity index (χ4v) is 3.02. The highest BCUT2D eigenvalue weighted by molar-refractivity contribution is 5.72. The molecule has 0 fully saturated rings. The lowest BCUT2D eigenvalue weighted by atomic mass is 9.95. The van der Waals surface area contributed by atoms with Crippen LogP contribution < -0.4 is 0 Å². The SMILES string of the molecule is CCCCCCCCCC(CCCC)C(=O)OCc1ccccc1. The number of esters is 1. The number of unbranched alkanes of at least 4 members (excludes halogenated alkanes) is 7. The molecule has 1 unspecified atom stereocenters. The highest BCUT2D eigenvalue weighted by Crippen LogP contribution is 2.20. The molecule has 2 nitrogen and oxygen atoms in total. The largest absolute Gasteiger partial charge is 0.461 e. The van der Waals surface area contributed by atoms with Gasteiger partial charge in [0, 0.05) is 0 Å². The van der Waals surface area contributed by atoms with Gasteiger partial charge < -0.3 is 4.74 Å². The average molecular weight is 333 g/mol. The van der Waals surface area contributed by atoms with E-state index >= 15 is 0 Å². The molecule has 1 rings (SSSR count). The van der Waals surface area contributed by atoms with E-state index in [1.54, 1.807) is 0 Å². The fourth-order valence-electron chi connectivity index (χ4n) is 3.02. The first-order chi connectivity index (χ1) is 11.8. The molecule has 0 saturated heterocycles. The fraction of sp³-hybridized carbons (Fsp3) is 0.682. The Hall–Kier alpha value is -1.31.